The minimum absolute atomic E-state index is 0.104. The fraction of sp³-hybridized carbons (Fsp3) is 0.273. The summed E-state index contributed by atoms with van der Waals surface area (Å²) in [6.07, 6.45) is 0. The van der Waals surface area contributed by atoms with Crippen LogP contribution < -0.4 is 0 Å². The third kappa shape index (κ3) is 3.51. The van der Waals surface area contributed by atoms with Crippen LogP contribution in [-0.2, 0) is 21.3 Å². The van der Waals surface area contributed by atoms with Crippen LogP contribution in [0.1, 0.15) is 15.4 Å². The highest BCUT2D eigenvalue weighted by Crippen LogP contribution is 2.27. The molecule has 2 aromatic heterocycles. The number of thiophene rings is 1. The molecule has 0 saturated heterocycles. The zero-order valence-electron chi connectivity index (χ0n) is 11.1. The van der Waals surface area contributed by atoms with E-state index in [1.807, 2.05) is 11.4 Å². The van der Waals surface area contributed by atoms with Gasteiger partial charge in [-0.25, -0.2) is 18.2 Å². The Morgan fingerprint density at radius 3 is 2.76 bits per heavy atom. The molecule has 0 aliphatic heterocycles. The number of hydrogen-bond donors (Lipinski definition) is 0. The van der Waals surface area contributed by atoms with Crippen LogP contribution in [0.3, 0.4) is 0 Å². The van der Waals surface area contributed by atoms with Gasteiger partial charge in [-0.1, -0.05) is 0 Å². The summed E-state index contributed by atoms with van der Waals surface area (Å²) in [5.41, 5.74) is 1.14. The molecule has 0 amide bonds. The Labute approximate surface area is 138 Å². The number of esters is 1. The Morgan fingerprint density at radius 2 is 2.19 bits per heavy atom. The van der Waals surface area contributed by atoms with Gasteiger partial charge in [-0.15, -0.1) is 22.7 Å². The van der Waals surface area contributed by atoms with Crippen LogP contribution in [-0.4, -0.2) is 37.8 Å². The average Bonchev–Trinajstić information content (AvgIpc) is 3.07. The van der Waals surface area contributed by atoms with Crippen LogP contribution in [0.15, 0.2) is 25.6 Å². The molecule has 0 aliphatic rings. The van der Waals surface area contributed by atoms with Crippen molar-refractivity contribution in [3.8, 4) is 0 Å². The van der Waals surface area contributed by atoms with E-state index >= 15 is 0 Å². The highest BCUT2D eigenvalue weighted by atomic mass is 79.9. The van der Waals surface area contributed by atoms with Gasteiger partial charge < -0.3 is 4.74 Å². The number of carbonyl (C=O) groups is 1. The average molecular weight is 411 g/mol. The molecule has 0 unspecified atom stereocenters. The molecule has 0 N–H and O–H groups in total. The van der Waals surface area contributed by atoms with Crippen molar-refractivity contribution in [2.45, 2.75) is 10.8 Å². The van der Waals surface area contributed by atoms with E-state index in [4.69, 9.17) is 0 Å². The molecule has 0 fully saturated rings. The fourth-order valence-electron chi connectivity index (χ4n) is 1.53. The number of rotatable bonds is 5. The zero-order chi connectivity index (χ0) is 15.6. The predicted molar refractivity (Wildman–Crippen MR) is 84.1 cm³/mol. The molecule has 2 aromatic rings. The first-order valence-corrected chi connectivity index (χ1v) is 9.56. The third-order valence-electron chi connectivity index (χ3n) is 2.56. The van der Waals surface area contributed by atoms with Gasteiger partial charge in [-0.2, -0.15) is 4.31 Å². The van der Waals surface area contributed by atoms with Crippen LogP contribution in [0.4, 0.5) is 0 Å². The Balaban J connectivity index is 2.29. The third-order valence-corrected chi connectivity index (χ3v) is 7.39. The van der Waals surface area contributed by atoms with Crippen molar-refractivity contribution in [1.82, 2.24) is 9.29 Å². The van der Waals surface area contributed by atoms with Gasteiger partial charge in [-0.05, 0) is 22.0 Å². The lowest BCUT2D eigenvalue weighted by Gasteiger charge is -2.15. The second kappa shape index (κ2) is 6.53. The largest absolute Gasteiger partial charge is 0.464 e. The maximum absolute atomic E-state index is 12.5. The molecule has 2 rings (SSSR count). The summed E-state index contributed by atoms with van der Waals surface area (Å²) < 4.78 is 31.6. The van der Waals surface area contributed by atoms with Gasteiger partial charge in [0.2, 0.25) is 0 Å². The van der Waals surface area contributed by atoms with E-state index in [2.05, 4.69) is 25.7 Å². The van der Waals surface area contributed by atoms with Crippen LogP contribution in [0.2, 0.25) is 0 Å². The van der Waals surface area contributed by atoms with Gasteiger partial charge >= 0.3 is 5.97 Å². The summed E-state index contributed by atoms with van der Waals surface area (Å²) in [6, 6.07) is 1.85. The number of hydrogen-bond acceptors (Lipinski definition) is 7. The molecule has 114 valence electrons. The highest BCUT2D eigenvalue weighted by Gasteiger charge is 2.30. The standard InChI is InChI=1S/C11H11BrN2O4S3/c1-14(4-8-3-7(12)5-19-8)21(16,17)11-9(10(15)18-2)13-6-20-11/h3,5-6H,4H2,1-2H3. The lowest BCUT2D eigenvalue weighted by Crippen LogP contribution is -2.27. The zero-order valence-corrected chi connectivity index (χ0v) is 15.1. The summed E-state index contributed by atoms with van der Waals surface area (Å²) >= 11 is 5.67. The fourth-order valence-corrected chi connectivity index (χ4v) is 5.59. The topological polar surface area (TPSA) is 76.6 Å². The maximum Gasteiger partial charge on any atom is 0.358 e. The number of methoxy groups -OCH3 is 1. The number of ether oxygens (including phenoxy) is 1. The molecular formula is C11H11BrN2O4S3. The van der Waals surface area contributed by atoms with Crippen LogP contribution in [0, 0.1) is 0 Å². The number of nitrogens with zero attached hydrogens (tertiary/aromatic N) is 2. The molecule has 0 spiro atoms. The molecule has 10 heteroatoms. The summed E-state index contributed by atoms with van der Waals surface area (Å²) in [4.78, 5) is 16.2. The van der Waals surface area contributed by atoms with E-state index in [0.29, 0.717) is 0 Å². The molecule has 0 aliphatic carbocycles. The molecule has 0 aromatic carbocycles. The first-order chi connectivity index (χ1) is 9.86. The van der Waals surface area contributed by atoms with Gasteiger partial charge in [0, 0.05) is 28.3 Å². The van der Waals surface area contributed by atoms with Crippen LogP contribution in [0.25, 0.3) is 0 Å². The summed E-state index contributed by atoms with van der Waals surface area (Å²) in [5.74, 6) is -0.762. The lowest BCUT2D eigenvalue weighted by molar-refractivity contribution is 0.0590. The van der Waals surface area contributed by atoms with E-state index in [0.717, 1.165) is 20.7 Å². The Kier molecular flexibility index (Phi) is 5.15. The molecule has 6 nitrogen and oxygen atoms in total. The van der Waals surface area contributed by atoms with Gasteiger partial charge in [-0.3, -0.25) is 0 Å². The summed E-state index contributed by atoms with van der Waals surface area (Å²) in [6.45, 7) is 0.219. The molecular weight excluding hydrogens is 400 g/mol. The predicted octanol–water partition coefficient (Wildman–Crippen LogP) is 2.57. The molecule has 2 heterocycles. The Morgan fingerprint density at radius 1 is 1.48 bits per heavy atom. The first kappa shape index (κ1) is 16.6. The molecule has 0 radical (unpaired) electrons. The number of halogens is 1. The molecule has 21 heavy (non-hydrogen) atoms. The molecule has 0 atom stereocenters. The van der Waals surface area contributed by atoms with Crippen molar-refractivity contribution in [3.63, 3.8) is 0 Å². The highest BCUT2D eigenvalue weighted by molar-refractivity contribution is 9.10. The monoisotopic (exact) mass is 410 g/mol. The number of sulfonamides is 1. The number of carbonyl (C=O) groups excluding carboxylic acids is 1. The lowest BCUT2D eigenvalue weighted by atomic mass is 10.5. The molecule has 0 saturated carbocycles. The van der Waals surface area contributed by atoms with Gasteiger partial charge in [0.05, 0.1) is 12.6 Å². The minimum Gasteiger partial charge on any atom is -0.464 e. The van der Waals surface area contributed by atoms with Crippen LogP contribution >= 0.6 is 38.6 Å². The molecule has 0 bridgehead atoms. The normalized spacial score (nSPS) is 11.8. The van der Waals surface area contributed by atoms with E-state index in [1.54, 1.807) is 0 Å². The van der Waals surface area contributed by atoms with E-state index in [-0.39, 0.29) is 16.4 Å². The number of thiazole rings is 1. The van der Waals surface area contributed by atoms with Crippen LogP contribution in [0.5, 0.6) is 0 Å². The Bertz CT molecular complexity index is 753. The Hall–Kier alpha value is -0.810. The number of aromatic nitrogens is 1. The van der Waals surface area contributed by atoms with Crippen molar-refractivity contribution in [3.05, 3.63) is 32.0 Å². The van der Waals surface area contributed by atoms with E-state index < -0.39 is 16.0 Å². The second-order valence-corrected chi connectivity index (χ2v) is 8.98. The minimum atomic E-state index is -3.79. The van der Waals surface area contributed by atoms with E-state index in [1.165, 1.54) is 35.3 Å². The van der Waals surface area contributed by atoms with Crippen molar-refractivity contribution in [1.29, 1.82) is 0 Å². The SMILES string of the molecule is COC(=O)c1ncsc1S(=O)(=O)N(C)Cc1cc(Br)cs1. The van der Waals surface area contributed by atoms with Crippen molar-refractivity contribution < 1.29 is 17.9 Å². The van der Waals surface area contributed by atoms with Gasteiger partial charge in [0.15, 0.2) is 9.90 Å². The smallest absolute Gasteiger partial charge is 0.358 e. The maximum atomic E-state index is 12.5. The van der Waals surface area contributed by atoms with Crippen molar-refractivity contribution in [2.24, 2.45) is 0 Å². The van der Waals surface area contributed by atoms with Crippen molar-refractivity contribution in [2.75, 3.05) is 14.2 Å². The quantitative estimate of drug-likeness (QED) is 0.707. The second-order valence-electron chi connectivity index (χ2n) is 3.97. The van der Waals surface area contributed by atoms with Gasteiger partial charge in [0.25, 0.3) is 10.0 Å². The summed E-state index contributed by atoms with van der Waals surface area (Å²) in [5, 5.41) is 1.88. The summed E-state index contributed by atoms with van der Waals surface area (Å²) in [7, 11) is -1.14. The van der Waals surface area contributed by atoms with E-state index in [9.17, 15) is 13.2 Å². The van der Waals surface area contributed by atoms with Crippen molar-refractivity contribution >= 4 is 54.6 Å². The van der Waals surface area contributed by atoms with Gasteiger partial charge in [0.1, 0.15) is 0 Å². The first-order valence-electron chi connectivity index (χ1n) is 5.57.